The van der Waals surface area contributed by atoms with Crippen molar-refractivity contribution in [3.63, 3.8) is 0 Å². The van der Waals surface area contributed by atoms with Crippen LogP contribution in [0.15, 0.2) is 42.5 Å². The molecule has 3 nitrogen and oxygen atoms in total. The van der Waals surface area contributed by atoms with Crippen LogP contribution in [-0.4, -0.2) is 11.1 Å². The van der Waals surface area contributed by atoms with Crippen molar-refractivity contribution < 1.29 is 19.0 Å². The summed E-state index contributed by atoms with van der Waals surface area (Å²) in [5.74, 6) is -1.54. The van der Waals surface area contributed by atoms with Crippen LogP contribution in [0.3, 0.4) is 0 Å². The average Bonchev–Trinajstić information content (AvgIpc) is 2.34. The summed E-state index contributed by atoms with van der Waals surface area (Å²) in [6.07, 6.45) is 0. The molecule has 0 saturated heterocycles. The van der Waals surface area contributed by atoms with Crippen LogP contribution < -0.4 is 4.74 Å². The van der Waals surface area contributed by atoms with Crippen molar-refractivity contribution in [2.45, 2.75) is 0 Å². The molecule has 5 heteroatoms. The highest BCUT2D eigenvalue weighted by atomic mass is 35.5. The Kier molecular flexibility index (Phi) is 3.48. The molecule has 2 aromatic rings. The molecular weight excluding hydrogens is 259 g/mol. The Bertz CT molecular complexity index is 581. The Morgan fingerprint density at radius 3 is 2.39 bits per heavy atom. The van der Waals surface area contributed by atoms with Crippen molar-refractivity contribution >= 4 is 17.6 Å². The van der Waals surface area contributed by atoms with Crippen molar-refractivity contribution in [3.8, 4) is 11.5 Å². The summed E-state index contributed by atoms with van der Waals surface area (Å²) in [5.41, 5.74) is -0.129. The zero-order valence-electron chi connectivity index (χ0n) is 9.06. The van der Waals surface area contributed by atoms with Gasteiger partial charge in [-0.15, -0.1) is 0 Å². The monoisotopic (exact) mass is 266 g/mol. The molecule has 0 aliphatic rings. The van der Waals surface area contributed by atoms with Gasteiger partial charge < -0.3 is 9.84 Å². The number of carboxylic acid groups (broad SMARTS) is 1. The van der Waals surface area contributed by atoms with E-state index < -0.39 is 11.8 Å². The standard InChI is InChI=1S/C13H8ClFO3/c14-9-2-4-10(5-3-9)18-12-6-1-8(13(16)17)7-11(12)15/h1-7H,(H,16,17). The maximum atomic E-state index is 13.6. The van der Waals surface area contributed by atoms with E-state index >= 15 is 0 Å². The number of halogens is 2. The first kappa shape index (κ1) is 12.4. The molecule has 0 spiro atoms. The third kappa shape index (κ3) is 2.78. The summed E-state index contributed by atoms with van der Waals surface area (Å²) in [6.45, 7) is 0. The summed E-state index contributed by atoms with van der Waals surface area (Å²) in [5, 5.41) is 9.24. The van der Waals surface area contributed by atoms with Crippen LogP contribution >= 0.6 is 11.6 Å². The molecule has 2 aromatic carbocycles. The van der Waals surface area contributed by atoms with Crippen molar-refractivity contribution in [1.82, 2.24) is 0 Å². The lowest BCUT2D eigenvalue weighted by molar-refractivity contribution is 0.0696. The molecule has 0 aliphatic carbocycles. The Balaban J connectivity index is 2.24. The molecule has 0 unspecified atom stereocenters. The van der Waals surface area contributed by atoms with Gasteiger partial charge >= 0.3 is 5.97 Å². The smallest absolute Gasteiger partial charge is 0.335 e. The summed E-state index contributed by atoms with van der Waals surface area (Å²) < 4.78 is 18.8. The second kappa shape index (κ2) is 5.06. The molecule has 0 bridgehead atoms. The highest BCUT2D eigenvalue weighted by Crippen LogP contribution is 2.26. The second-order valence-corrected chi connectivity index (χ2v) is 3.94. The van der Waals surface area contributed by atoms with Gasteiger partial charge in [0.1, 0.15) is 5.75 Å². The lowest BCUT2D eigenvalue weighted by Crippen LogP contribution is -1.97. The molecular formula is C13H8ClFO3. The molecule has 0 atom stereocenters. The van der Waals surface area contributed by atoms with Gasteiger partial charge in [0.25, 0.3) is 0 Å². The van der Waals surface area contributed by atoms with Crippen LogP contribution in [0.4, 0.5) is 4.39 Å². The number of aromatic carboxylic acids is 1. The molecule has 18 heavy (non-hydrogen) atoms. The first-order valence-electron chi connectivity index (χ1n) is 5.02. The Hall–Kier alpha value is -2.07. The van der Waals surface area contributed by atoms with E-state index in [1.54, 1.807) is 24.3 Å². The van der Waals surface area contributed by atoms with Crippen molar-refractivity contribution in [1.29, 1.82) is 0 Å². The molecule has 0 radical (unpaired) electrons. The van der Waals surface area contributed by atoms with Gasteiger partial charge in [0.05, 0.1) is 5.56 Å². The topological polar surface area (TPSA) is 46.5 Å². The summed E-state index contributed by atoms with van der Waals surface area (Å²) >= 11 is 5.71. The van der Waals surface area contributed by atoms with Gasteiger partial charge in [-0.1, -0.05) is 11.6 Å². The Morgan fingerprint density at radius 2 is 1.83 bits per heavy atom. The third-order valence-corrected chi connectivity index (χ3v) is 2.47. The maximum absolute atomic E-state index is 13.6. The molecule has 0 fully saturated rings. The highest BCUT2D eigenvalue weighted by molar-refractivity contribution is 6.30. The Morgan fingerprint density at radius 1 is 1.17 bits per heavy atom. The second-order valence-electron chi connectivity index (χ2n) is 3.51. The predicted octanol–water partition coefficient (Wildman–Crippen LogP) is 3.97. The number of carboxylic acids is 1. The number of carbonyl (C=O) groups is 1. The third-order valence-electron chi connectivity index (χ3n) is 2.22. The van der Waals surface area contributed by atoms with Crippen LogP contribution in [0.2, 0.25) is 5.02 Å². The lowest BCUT2D eigenvalue weighted by Gasteiger charge is -2.07. The molecule has 2 rings (SSSR count). The van der Waals surface area contributed by atoms with E-state index in [1.807, 2.05) is 0 Å². The number of rotatable bonds is 3. The molecule has 0 aliphatic heterocycles. The Labute approximate surface area is 107 Å². The van der Waals surface area contributed by atoms with Crippen LogP contribution in [0.1, 0.15) is 10.4 Å². The summed E-state index contributed by atoms with van der Waals surface area (Å²) in [4.78, 5) is 10.6. The van der Waals surface area contributed by atoms with Gasteiger partial charge in [-0.3, -0.25) is 0 Å². The SMILES string of the molecule is O=C(O)c1ccc(Oc2ccc(Cl)cc2)c(F)c1. The highest BCUT2D eigenvalue weighted by Gasteiger charge is 2.09. The maximum Gasteiger partial charge on any atom is 0.335 e. The number of ether oxygens (including phenoxy) is 1. The number of hydrogen-bond acceptors (Lipinski definition) is 2. The zero-order chi connectivity index (χ0) is 13.1. The molecule has 1 N–H and O–H groups in total. The largest absolute Gasteiger partial charge is 0.478 e. The normalized spacial score (nSPS) is 10.1. The van der Waals surface area contributed by atoms with Gasteiger partial charge in [-0.25, -0.2) is 9.18 Å². The van der Waals surface area contributed by atoms with Crippen molar-refractivity contribution in [2.75, 3.05) is 0 Å². The van der Waals surface area contributed by atoms with Crippen LogP contribution in [0.25, 0.3) is 0 Å². The van der Waals surface area contributed by atoms with Crippen LogP contribution in [0, 0.1) is 5.82 Å². The molecule has 0 saturated carbocycles. The minimum Gasteiger partial charge on any atom is -0.478 e. The number of hydrogen-bond donors (Lipinski definition) is 1. The average molecular weight is 267 g/mol. The van der Waals surface area contributed by atoms with E-state index in [1.165, 1.54) is 12.1 Å². The minimum atomic E-state index is -1.19. The quantitative estimate of drug-likeness (QED) is 0.914. The van der Waals surface area contributed by atoms with E-state index in [4.69, 9.17) is 21.4 Å². The van der Waals surface area contributed by atoms with E-state index in [9.17, 15) is 9.18 Å². The van der Waals surface area contributed by atoms with E-state index in [0.717, 1.165) is 6.07 Å². The fourth-order valence-electron chi connectivity index (χ4n) is 1.35. The first-order valence-corrected chi connectivity index (χ1v) is 5.40. The van der Waals surface area contributed by atoms with Gasteiger partial charge in [-0.05, 0) is 42.5 Å². The summed E-state index contributed by atoms with van der Waals surface area (Å²) in [6, 6.07) is 9.86. The molecule has 0 amide bonds. The van der Waals surface area contributed by atoms with Gasteiger partial charge in [0, 0.05) is 5.02 Å². The van der Waals surface area contributed by atoms with Crippen LogP contribution in [-0.2, 0) is 0 Å². The van der Waals surface area contributed by atoms with Gasteiger partial charge in [-0.2, -0.15) is 0 Å². The molecule has 0 heterocycles. The molecule has 92 valence electrons. The van der Waals surface area contributed by atoms with E-state index in [0.29, 0.717) is 10.8 Å². The van der Waals surface area contributed by atoms with Gasteiger partial charge in [0.2, 0.25) is 0 Å². The van der Waals surface area contributed by atoms with Crippen molar-refractivity contribution in [2.24, 2.45) is 0 Å². The molecule has 0 aromatic heterocycles. The van der Waals surface area contributed by atoms with E-state index in [2.05, 4.69) is 0 Å². The van der Waals surface area contributed by atoms with Crippen LogP contribution in [0.5, 0.6) is 11.5 Å². The van der Waals surface area contributed by atoms with E-state index in [-0.39, 0.29) is 11.3 Å². The summed E-state index contributed by atoms with van der Waals surface area (Å²) in [7, 11) is 0. The number of benzene rings is 2. The minimum absolute atomic E-state index is 0.0395. The first-order chi connectivity index (χ1) is 8.56. The lowest BCUT2D eigenvalue weighted by atomic mass is 10.2. The van der Waals surface area contributed by atoms with Crippen molar-refractivity contribution in [3.05, 3.63) is 58.9 Å². The van der Waals surface area contributed by atoms with Gasteiger partial charge in [0.15, 0.2) is 11.6 Å². The predicted molar refractivity (Wildman–Crippen MR) is 64.9 cm³/mol. The fourth-order valence-corrected chi connectivity index (χ4v) is 1.47. The fraction of sp³-hybridized carbons (Fsp3) is 0. The zero-order valence-corrected chi connectivity index (χ0v) is 9.82.